The first-order valence-corrected chi connectivity index (χ1v) is 51.4. The maximum Gasteiger partial charge on any atom is 0.416 e. The van der Waals surface area contributed by atoms with Gasteiger partial charge in [-0.15, -0.1) is 0 Å². The number of carbonyl (C=O) groups excluding carboxylic acids is 1. The maximum absolute atomic E-state index is 14.6. The van der Waals surface area contributed by atoms with Crippen LogP contribution in [-0.4, -0.2) is 91.2 Å². The maximum atomic E-state index is 14.6. The van der Waals surface area contributed by atoms with Crippen molar-refractivity contribution in [1.29, 1.82) is 0 Å². The molecule has 6 aliphatic heterocycles. The van der Waals surface area contributed by atoms with E-state index in [9.17, 15) is 53.1 Å². The Hall–Kier alpha value is -11.6. The summed E-state index contributed by atoms with van der Waals surface area (Å²) in [6.07, 6.45) is -8.64. The monoisotopic (exact) mass is 2060 g/mol. The standard InChI is InChI=1S/C23H23NO2S.C20H12F5NS.C19H20F3NO2S.C18H19NO2S.C17H16F3NS.C17H19NS/c1-16-4-10-20-22(14-16)27-23-15-17(2)5-11-21(23)24(20)18-6-8-19(9-7-18)26-13-12-25-3;1-9-3-5-11-13(7-9)27-14-8-10(2)4-6-12(14)26(11)20-18(24)16(22)15(21)17(23)19(20)25;1-13-3-5-15-17(11-13)26-18-12-14(19(20,21)22)4-6-16(18)23(15)7-8-25-10-9-24-2;1-4-21-18(20)11-19-14-7-5-12(2)9-16(14)22-17-10-13(3)6-8-15(17)19;1-10-4-6-13-15(8-10)22-16-9-11(2)5-7-14(16)21(13)12(3)17(18,19)20;1-11(2)18-14-7-5-12(3)9-16(14)19-17-10-13(4)6-8-15(17)18/h4-11,14-15H,12-13H2,1-3H3;3-8H,1-2H3;3-6,11-12H,7-10H2,1-2H3;5-10H,4,11H2,1-3H3;4-9,12H,1-3H3;5-11H,1-4H3. The van der Waals surface area contributed by atoms with E-state index in [0.717, 1.165) is 87.7 Å². The molecule has 14 aromatic carbocycles. The Morgan fingerprint density at radius 1 is 0.322 bits per heavy atom. The minimum Gasteiger partial charge on any atom is -0.491 e. The van der Waals surface area contributed by atoms with Crippen molar-refractivity contribution in [2.24, 2.45) is 0 Å². The third-order valence-corrected chi connectivity index (χ3v) is 30.5. The third kappa shape index (κ3) is 24.3. The molecular formula is C114H109F11N6O6S6. The van der Waals surface area contributed by atoms with Crippen LogP contribution in [0.1, 0.15) is 94.5 Å². The molecule has 0 aliphatic carbocycles. The summed E-state index contributed by atoms with van der Waals surface area (Å²) in [6.45, 7) is 33.7. The molecule has 29 heteroatoms. The first kappa shape index (κ1) is 106. The number of methoxy groups -OCH3 is 2. The molecule has 14 aromatic rings. The fourth-order valence-corrected chi connectivity index (χ4v) is 24.5. The minimum atomic E-state index is -4.35. The topological polar surface area (TPSA) is 82.7 Å². The number of anilines is 14. The summed E-state index contributed by atoms with van der Waals surface area (Å²) < 4.78 is 176. The Balaban J connectivity index is 0.000000130. The molecule has 1 unspecified atom stereocenters. The summed E-state index contributed by atoms with van der Waals surface area (Å²) in [4.78, 5) is 35.6. The number of rotatable bonds is 17. The Bertz CT molecular complexity index is 6770. The molecule has 0 N–H and O–H groups in total. The lowest BCUT2D eigenvalue weighted by Crippen LogP contribution is -2.42. The summed E-state index contributed by atoms with van der Waals surface area (Å²) in [6, 6.07) is 78.0. The van der Waals surface area contributed by atoms with Crippen LogP contribution in [0.15, 0.2) is 301 Å². The zero-order chi connectivity index (χ0) is 102. The van der Waals surface area contributed by atoms with Gasteiger partial charge in [0.05, 0.1) is 107 Å². The number of hydrogen-bond acceptors (Lipinski definition) is 18. The molecule has 12 nitrogen and oxygen atoms in total. The third-order valence-electron chi connectivity index (χ3n) is 24.0. The second kappa shape index (κ2) is 45.8. The minimum absolute atomic E-state index is 0.201. The number of carbonyl (C=O) groups is 1. The number of nitrogens with zero attached hydrogens (tertiary/aromatic N) is 6. The number of aryl methyl sites for hydroxylation is 11. The lowest BCUT2D eigenvalue weighted by molar-refractivity contribution is -0.143. The van der Waals surface area contributed by atoms with E-state index >= 15 is 0 Å². The van der Waals surface area contributed by atoms with Gasteiger partial charge in [-0.2, -0.15) is 26.3 Å². The van der Waals surface area contributed by atoms with Crippen LogP contribution in [0.4, 0.5) is 128 Å². The highest BCUT2D eigenvalue weighted by Crippen LogP contribution is 2.59. The van der Waals surface area contributed by atoms with Crippen molar-refractivity contribution < 1.29 is 76.8 Å². The van der Waals surface area contributed by atoms with E-state index in [4.69, 9.17) is 23.7 Å². The number of fused-ring (bicyclic) bond motifs is 12. The highest BCUT2D eigenvalue weighted by atomic mass is 32.2. The van der Waals surface area contributed by atoms with Crippen molar-refractivity contribution >= 4 is 156 Å². The van der Waals surface area contributed by atoms with Crippen LogP contribution < -0.4 is 34.1 Å². The van der Waals surface area contributed by atoms with Gasteiger partial charge in [-0.25, -0.2) is 22.0 Å². The fourth-order valence-electron chi connectivity index (χ4n) is 16.9. The van der Waals surface area contributed by atoms with Gasteiger partial charge in [0, 0.05) is 91.2 Å². The van der Waals surface area contributed by atoms with Crippen LogP contribution in [0.2, 0.25) is 0 Å². The van der Waals surface area contributed by atoms with Crippen molar-refractivity contribution in [3.63, 3.8) is 0 Å². The molecule has 744 valence electrons. The van der Waals surface area contributed by atoms with Crippen molar-refractivity contribution in [3.8, 4) is 5.75 Å². The molecule has 0 saturated carbocycles. The van der Waals surface area contributed by atoms with E-state index in [2.05, 4.69) is 191 Å². The number of ether oxygens (including phenoxy) is 5. The van der Waals surface area contributed by atoms with Gasteiger partial charge >= 0.3 is 18.3 Å². The Morgan fingerprint density at radius 2 is 0.608 bits per heavy atom. The molecule has 0 radical (unpaired) electrons. The van der Waals surface area contributed by atoms with Crippen molar-refractivity contribution in [2.75, 3.05) is 96.3 Å². The molecule has 6 heterocycles. The van der Waals surface area contributed by atoms with E-state index < -0.39 is 58.7 Å². The summed E-state index contributed by atoms with van der Waals surface area (Å²) in [5, 5.41) is 0. The van der Waals surface area contributed by atoms with E-state index in [1.807, 2.05) is 137 Å². The van der Waals surface area contributed by atoms with Crippen molar-refractivity contribution in [1.82, 2.24) is 0 Å². The van der Waals surface area contributed by atoms with Gasteiger partial charge in [0.25, 0.3) is 0 Å². The number of alkyl halides is 6. The Labute approximate surface area is 854 Å². The Morgan fingerprint density at radius 3 is 0.937 bits per heavy atom. The normalized spacial score (nSPS) is 13.3. The van der Waals surface area contributed by atoms with Crippen LogP contribution in [-0.2, 0) is 29.9 Å². The molecule has 20 rings (SSSR count). The van der Waals surface area contributed by atoms with E-state index in [0.29, 0.717) is 89.7 Å². The van der Waals surface area contributed by atoms with Gasteiger partial charge < -0.3 is 53.1 Å². The molecule has 0 aromatic heterocycles. The predicted molar refractivity (Wildman–Crippen MR) is 561 cm³/mol. The molecule has 0 fully saturated rings. The molecule has 0 amide bonds. The second-order valence-electron chi connectivity index (χ2n) is 35.6. The average Bonchev–Trinajstić information content (AvgIpc) is 0.733. The summed E-state index contributed by atoms with van der Waals surface area (Å²) in [5.74, 6) is -9.18. The first-order valence-electron chi connectivity index (χ1n) is 46.5. The highest BCUT2D eigenvalue weighted by molar-refractivity contribution is 8.01. The summed E-state index contributed by atoms with van der Waals surface area (Å²) in [5.41, 5.74) is 23.1. The van der Waals surface area contributed by atoms with Gasteiger partial charge in [0.15, 0.2) is 23.3 Å². The molecule has 6 aliphatic rings. The molecule has 1 atom stereocenters. The molecular weight excluding hydrogens is 1950 g/mol. The molecule has 143 heavy (non-hydrogen) atoms. The van der Waals surface area contributed by atoms with E-state index in [-0.39, 0.29) is 12.5 Å². The van der Waals surface area contributed by atoms with Gasteiger partial charge in [0.2, 0.25) is 5.82 Å². The van der Waals surface area contributed by atoms with Gasteiger partial charge in [0.1, 0.15) is 30.6 Å². The molecule has 0 spiro atoms. The van der Waals surface area contributed by atoms with Crippen molar-refractivity contribution in [2.45, 2.75) is 187 Å². The first-order chi connectivity index (χ1) is 68.2. The van der Waals surface area contributed by atoms with Crippen LogP contribution >= 0.6 is 70.6 Å². The zero-order valence-electron chi connectivity index (χ0n) is 82.1. The predicted octanol–water partition coefficient (Wildman–Crippen LogP) is 34.1. The van der Waals surface area contributed by atoms with Gasteiger partial charge in [-0.3, -0.25) is 4.79 Å². The largest absolute Gasteiger partial charge is 0.491 e. The van der Waals surface area contributed by atoms with Crippen LogP contribution in [0.25, 0.3) is 0 Å². The lowest BCUT2D eigenvalue weighted by Gasteiger charge is -2.38. The summed E-state index contributed by atoms with van der Waals surface area (Å²) >= 11 is 9.79. The average molecular weight is 2060 g/mol. The quantitative estimate of drug-likeness (QED) is 0.0285. The highest BCUT2D eigenvalue weighted by Gasteiger charge is 2.44. The van der Waals surface area contributed by atoms with E-state index in [1.54, 1.807) is 68.4 Å². The number of halogens is 11. The number of esters is 1. The van der Waals surface area contributed by atoms with Crippen LogP contribution in [0, 0.1) is 105 Å². The Kier molecular flexibility index (Phi) is 33.8. The van der Waals surface area contributed by atoms with Crippen molar-refractivity contribution in [3.05, 3.63) is 339 Å². The molecule has 0 bridgehead atoms. The van der Waals surface area contributed by atoms with Crippen LogP contribution in [0.5, 0.6) is 5.75 Å². The SMILES string of the molecule is CCOC(=O)CN1c2ccc(C)cc2Sc2cc(C)ccc21.COCCOCCN1c2ccc(C)cc2Sc2cc(C(F)(F)F)ccc21.COCCOc1ccc(N2c3ccc(C)cc3Sc3cc(C)ccc32)cc1.Cc1ccc2c(c1)Sc1cc(C)ccc1N2C(C)C.Cc1ccc2c(c1)Sc1cc(C)ccc1N2C(C)C(F)(F)F.Cc1ccc2c(c1)Sc1cc(C)ccc1N2c1c(F)c(F)c(F)c(F)c1F. The van der Waals surface area contributed by atoms with Gasteiger partial charge in [-0.05, 0) is 341 Å². The number of hydrogen-bond donors (Lipinski definition) is 0. The second-order valence-corrected chi connectivity index (χ2v) is 42.1. The lowest BCUT2D eigenvalue weighted by atomic mass is 10.1. The smallest absolute Gasteiger partial charge is 0.416 e. The van der Waals surface area contributed by atoms with E-state index in [1.165, 1.54) is 139 Å². The molecule has 0 saturated heterocycles. The number of benzene rings is 14. The van der Waals surface area contributed by atoms with Gasteiger partial charge in [-0.1, -0.05) is 137 Å². The summed E-state index contributed by atoms with van der Waals surface area (Å²) in [7, 11) is 3.29. The fraction of sp³-hybridized carbons (Fsp3) is 0.254. The van der Waals surface area contributed by atoms with Crippen LogP contribution in [0.3, 0.4) is 0 Å². The zero-order valence-corrected chi connectivity index (χ0v) is 87.0.